The Hall–Kier alpha value is -4.20. The summed E-state index contributed by atoms with van der Waals surface area (Å²) in [5.41, 5.74) is 5.33. The van der Waals surface area contributed by atoms with Gasteiger partial charge in [0, 0.05) is 25.1 Å². The molecule has 0 spiro atoms. The average molecular weight is 513 g/mol. The summed E-state index contributed by atoms with van der Waals surface area (Å²) in [6.45, 7) is 6.13. The van der Waals surface area contributed by atoms with Crippen molar-refractivity contribution in [2.45, 2.75) is 45.2 Å². The number of carbonyl (C=O) groups excluding carboxylic acids is 3. The number of amides is 3. The Morgan fingerprint density at radius 1 is 1.00 bits per heavy atom. The molecule has 1 aliphatic heterocycles. The Labute approximate surface area is 222 Å². The van der Waals surface area contributed by atoms with Crippen LogP contribution in [0.4, 0.5) is 10.6 Å². The zero-order valence-electron chi connectivity index (χ0n) is 21.8. The number of anilines is 1. The van der Waals surface area contributed by atoms with Crippen molar-refractivity contribution in [2.75, 3.05) is 18.1 Å². The van der Waals surface area contributed by atoms with Gasteiger partial charge in [0.1, 0.15) is 24.5 Å². The highest BCUT2D eigenvalue weighted by molar-refractivity contribution is 6.05. The summed E-state index contributed by atoms with van der Waals surface area (Å²) in [4.78, 5) is 45.5. The highest BCUT2D eigenvalue weighted by Gasteiger charge is 2.43. The van der Waals surface area contributed by atoms with Crippen LogP contribution in [0.5, 0.6) is 0 Å². The minimum Gasteiger partial charge on any atom is -0.449 e. The van der Waals surface area contributed by atoms with Gasteiger partial charge in [0.05, 0.1) is 0 Å². The van der Waals surface area contributed by atoms with Crippen molar-refractivity contribution in [1.82, 2.24) is 15.6 Å². The lowest BCUT2D eigenvalue weighted by molar-refractivity contribution is -0.127. The van der Waals surface area contributed by atoms with E-state index in [1.54, 1.807) is 12.3 Å². The first-order chi connectivity index (χ1) is 18.4. The molecule has 0 saturated carbocycles. The van der Waals surface area contributed by atoms with Gasteiger partial charge in [-0.05, 0) is 46.7 Å². The standard InChI is InChI=1S/C30H32N4O4/c1-4-31-28(35)25-16-19-10-9-15-32-27(19)34(25)29(36)26(18(2)3)33-30(37)38-17-24-22-13-7-5-11-20(22)21-12-6-8-14-23(21)24/h5-15,18,24-26H,4,16-17H2,1-3H3,(H,31,35)(H,33,37)/t25?,26-/m0/s1. The van der Waals surface area contributed by atoms with Gasteiger partial charge in [-0.15, -0.1) is 0 Å². The molecule has 2 aromatic carbocycles. The van der Waals surface area contributed by atoms with Gasteiger partial charge in [-0.3, -0.25) is 14.5 Å². The topological polar surface area (TPSA) is 101 Å². The van der Waals surface area contributed by atoms with Crippen molar-refractivity contribution < 1.29 is 19.1 Å². The van der Waals surface area contributed by atoms with Crippen molar-refractivity contribution in [1.29, 1.82) is 0 Å². The quantitative estimate of drug-likeness (QED) is 0.498. The first-order valence-electron chi connectivity index (χ1n) is 13.1. The van der Waals surface area contributed by atoms with Crippen LogP contribution in [0.2, 0.25) is 0 Å². The number of hydrogen-bond acceptors (Lipinski definition) is 5. The van der Waals surface area contributed by atoms with Crippen LogP contribution in [0.15, 0.2) is 66.9 Å². The van der Waals surface area contributed by atoms with Crippen LogP contribution >= 0.6 is 0 Å². The van der Waals surface area contributed by atoms with Gasteiger partial charge in [0.15, 0.2) is 0 Å². The number of benzene rings is 2. The van der Waals surface area contributed by atoms with Crippen LogP contribution in [-0.2, 0) is 20.7 Å². The predicted molar refractivity (Wildman–Crippen MR) is 145 cm³/mol. The average Bonchev–Trinajstić information content (AvgIpc) is 3.46. The number of likely N-dealkylation sites (N-methyl/N-ethyl adjacent to an activating group) is 1. The molecule has 0 fully saturated rings. The molecule has 3 aromatic rings. The molecule has 3 amide bonds. The summed E-state index contributed by atoms with van der Waals surface area (Å²) in [6.07, 6.45) is 1.30. The highest BCUT2D eigenvalue weighted by Crippen LogP contribution is 2.44. The number of rotatable bonds is 7. The second kappa shape index (κ2) is 10.7. The first-order valence-corrected chi connectivity index (χ1v) is 13.1. The fourth-order valence-electron chi connectivity index (χ4n) is 5.44. The Balaban J connectivity index is 1.32. The monoisotopic (exact) mass is 512 g/mol. The van der Waals surface area contributed by atoms with E-state index >= 15 is 0 Å². The van der Waals surface area contributed by atoms with E-state index in [4.69, 9.17) is 4.74 Å². The third-order valence-corrected chi connectivity index (χ3v) is 7.26. The summed E-state index contributed by atoms with van der Waals surface area (Å²) in [5.74, 6) is -0.512. The third kappa shape index (κ3) is 4.62. The molecule has 38 heavy (non-hydrogen) atoms. The van der Waals surface area contributed by atoms with Crippen molar-refractivity contribution in [2.24, 2.45) is 5.92 Å². The van der Waals surface area contributed by atoms with E-state index in [9.17, 15) is 14.4 Å². The molecule has 8 nitrogen and oxygen atoms in total. The molecule has 2 N–H and O–H groups in total. The number of nitrogens with one attached hydrogen (secondary N) is 2. The van der Waals surface area contributed by atoms with Crippen molar-refractivity contribution in [3.63, 3.8) is 0 Å². The normalized spacial score (nSPS) is 16.4. The Kier molecular flexibility index (Phi) is 7.13. The maximum atomic E-state index is 13.8. The SMILES string of the molecule is CCNC(=O)C1Cc2cccnc2N1C(=O)[C@@H](NC(=O)OCC1c2ccccc2-c2ccccc21)C(C)C. The lowest BCUT2D eigenvalue weighted by Gasteiger charge is -2.30. The molecule has 8 heteroatoms. The molecule has 2 heterocycles. The van der Waals surface area contributed by atoms with E-state index in [0.29, 0.717) is 18.8 Å². The molecule has 5 rings (SSSR count). The zero-order valence-corrected chi connectivity index (χ0v) is 21.8. The maximum Gasteiger partial charge on any atom is 0.407 e. The molecule has 0 saturated heterocycles. The molecular formula is C30H32N4O4. The number of ether oxygens (including phenoxy) is 1. The van der Waals surface area contributed by atoms with E-state index in [-0.39, 0.29) is 30.3 Å². The minimum absolute atomic E-state index is 0.0851. The van der Waals surface area contributed by atoms with Crippen LogP contribution in [0.3, 0.4) is 0 Å². The lowest BCUT2D eigenvalue weighted by atomic mass is 9.98. The number of fused-ring (bicyclic) bond motifs is 4. The number of nitrogens with zero attached hydrogens (tertiary/aromatic N) is 2. The minimum atomic E-state index is -0.893. The molecule has 1 aromatic heterocycles. The second-order valence-corrected chi connectivity index (χ2v) is 10.0. The van der Waals surface area contributed by atoms with Gasteiger partial charge in [0.25, 0.3) is 5.91 Å². The molecular weight excluding hydrogens is 480 g/mol. The van der Waals surface area contributed by atoms with E-state index in [1.165, 1.54) is 4.90 Å². The van der Waals surface area contributed by atoms with Crippen LogP contribution in [-0.4, -0.2) is 48.1 Å². The molecule has 1 unspecified atom stereocenters. The summed E-state index contributed by atoms with van der Waals surface area (Å²) in [7, 11) is 0. The van der Waals surface area contributed by atoms with E-state index in [1.807, 2.05) is 51.1 Å². The first kappa shape index (κ1) is 25.4. The Bertz CT molecular complexity index is 1330. The fourth-order valence-corrected chi connectivity index (χ4v) is 5.44. The number of alkyl carbamates (subject to hydrolysis) is 1. The molecule has 0 bridgehead atoms. The van der Waals surface area contributed by atoms with Crippen molar-refractivity contribution >= 4 is 23.7 Å². The highest BCUT2D eigenvalue weighted by atomic mass is 16.5. The second-order valence-electron chi connectivity index (χ2n) is 10.0. The van der Waals surface area contributed by atoms with E-state index < -0.39 is 18.2 Å². The van der Waals surface area contributed by atoms with Crippen molar-refractivity contribution in [3.8, 4) is 11.1 Å². The van der Waals surface area contributed by atoms with E-state index in [0.717, 1.165) is 27.8 Å². The summed E-state index contributed by atoms with van der Waals surface area (Å²) in [5, 5.41) is 5.59. The summed E-state index contributed by atoms with van der Waals surface area (Å²) >= 11 is 0. The van der Waals surface area contributed by atoms with Crippen LogP contribution in [0, 0.1) is 5.92 Å². The third-order valence-electron chi connectivity index (χ3n) is 7.26. The molecule has 196 valence electrons. The van der Waals surface area contributed by atoms with Gasteiger partial charge in [-0.2, -0.15) is 0 Å². The van der Waals surface area contributed by atoms with Crippen LogP contribution in [0.1, 0.15) is 43.4 Å². The van der Waals surface area contributed by atoms with Gasteiger partial charge in [0.2, 0.25) is 5.91 Å². The molecule has 1 aliphatic carbocycles. The summed E-state index contributed by atoms with van der Waals surface area (Å²) < 4.78 is 5.70. The molecule has 2 atom stereocenters. The number of aromatic nitrogens is 1. The largest absolute Gasteiger partial charge is 0.449 e. The Morgan fingerprint density at radius 2 is 1.66 bits per heavy atom. The number of pyridine rings is 1. The van der Waals surface area contributed by atoms with Gasteiger partial charge < -0.3 is 15.4 Å². The van der Waals surface area contributed by atoms with Gasteiger partial charge in [-0.1, -0.05) is 68.4 Å². The number of hydrogen-bond donors (Lipinski definition) is 2. The van der Waals surface area contributed by atoms with E-state index in [2.05, 4.69) is 39.9 Å². The van der Waals surface area contributed by atoms with Gasteiger partial charge >= 0.3 is 6.09 Å². The van der Waals surface area contributed by atoms with Crippen LogP contribution < -0.4 is 15.5 Å². The Morgan fingerprint density at radius 3 is 2.29 bits per heavy atom. The molecule has 2 aliphatic rings. The lowest BCUT2D eigenvalue weighted by Crippen LogP contribution is -2.56. The molecule has 0 radical (unpaired) electrons. The maximum absolute atomic E-state index is 13.8. The number of carbonyl (C=O) groups is 3. The van der Waals surface area contributed by atoms with Crippen LogP contribution in [0.25, 0.3) is 11.1 Å². The predicted octanol–water partition coefficient (Wildman–Crippen LogP) is 4.04. The van der Waals surface area contributed by atoms with Crippen molar-refractivity contribution in [3.05, 3.63) is 83.6 Å². The smallest absolute Gasteiger partial charge is 0.407 e. The fraction of sp³-hybridized carbons (Fsp3) is 0.333. The zero-order chi connectivity index (χ0) is 26.8. The summed E-state index contributed by atoms with van der Waals surface area (Å²) in [6, 6.07) is 18.3. The van der Waals surface area contributed by atoms with Gasteiger partial charge in [-0.25, -0.2) is 9.78 Å².